The summed E-state index contributed by atoms with van der Waals surface area (Å²) in [6, 6.07) is 14.2. The Bertz CT molecular complexity index is 1580. The van der Waals surface area contributed by atoms with Crippen molar-refractivity contribution in [3.63, 3.8) is 0 Å². The summed E-state index contributed by atoms with van der Waals surface area (Å²) in [4.78, 5) is 28.1. The van der Waals surface area contributed by atoms with Gasteiger partial charge in [0.05, 0.1) is 21.2 Å². The fourth-order valence-electron chi connectivity index (χ4n) is 4.10. The maximum Gasteiger partial charge on any atom is 0.417 e. The summed E-state index contributed by atoms with van der Waals surface area (Å²) in [7, 11) is -4.56. The van der Waals surface area contributed by atoms with Crippen LogP contribution in [0.1, 0.15) is 44.4 Å². The van der Waals surface area contributed by atoms with Gasteiger partial charge >= 0.3 is 6.18 Å². The van der Waals surface area contributed by atoms with E-state index in [1.807, 2.05) is 0 Å². The highest BCUT2D eigenvalue weighted by Crippen LogP contribution is 2.38. The molecule has 0 saturated carbocycles. The maximum atomic E-state index is 14.0. The third-order valence-corrected chi connectivity index (χ3v) is 9.01. The molecule has 0 aliphatic heterocycles. The van der Waals surface area contributed by atoms with E-state index in [4.69, 9.17) is 11.6 Å². The molecule has 43 heavy (non-hydrogen) atoms. The molecule has 0 aliphatic rings. The number of rotatable bonds is 9. The van der Waals surface area contributed by atoms with Crippen LogP contribution < -0.4 is 9.62 Å². The molecule has 1 N–H and O–H groups in total. The summed E-state index contributed by atoms with van der Waals surface area (Å²) < 4.78 is 70.5. The second-order valence-corrected chi connectivity index (χ2v) is 14.2. The van der Waals surface area contributed by atoms with Crippen molar-refractivity contribution >= 4 is 55.1 Å². The Kier molecular flexibility index (Phi) is 10.6. The van der Waals surface area contributed by atoms with Crippen molar-refractivity contribution in [3.05, 3.63) is 92.9 Å². The van der Waals surface area contributed by atoms with Crippen LogP contribution in [0.4, 0.5) is 18.9 Å². The molecule has 0 heterocycles. The van der Waals surface area contributed by atoms with Crippen LogP contribution in [0.25, 0.3) is 0 Å². The zero-order chi connectivity index (χ0) is 32.3. The lowest BCUT2D eigenvalue weighted by atomic mass is 10.1. The van der Waals surface area contributed by atoms with Crippen LogP contribution in [0.15, 0.2) is 76.1 Å². The molecule has 1 atom stereocenters. The lowest BCUT2D eigenvalue weighted by Gasteiger charge is -2.33. The van der Waals surface area contributed by atoms with Crippen LogP contribution in [0.3, 0.4) is 0 Å². The van der Waals surface area contributed by atoms with E-state index in [2.05, 4.69) is 21.2 Å². The molecule has 3 aromatic rings. The highest BCUT2D eigenvalue weighted by molar-refractivity contribution is 9.10. The van der Waals surface area contributed by atoms with Crippen molar-refractivity contribution in [3.8, 4) is 0 Å². The number of nitrogens with one attached hydrogen (secondary N) is 1. The van der Waals surface area contributed by atoms with Gasteiger partial charge < -0.3 is 10.2 Å². The first kappa shape index (κ1) is 34.4. The van der Waals surface area contributed by atoms with Gasteiger partial charge in [0.2, 0.25) is 11.8 Å². The van der Waals surface area contributed by atoms with Crippen LogP contribution in [-0.4, -0.2) is 43.3 Å². The van der Waals surface area contributed by atoms with E-state index >= 15 is 0 Å². The highest BCUT2D eigenvalue weighted by atomic mass is 79.9. The van der Waals surface area contributed by atoms with E-state index < -0.39 is 62.4 Å². The van der Waals surface area contributed by atoms with E-state index in [0.29, 0.717) is 15.9 Å². The molecule has 0 saturated heterocycles. The van der Waals surface area contributed by atoms with Crippen LogP contribution in [0, 0.1) is 6.92 Å². The number of hydrogen-bond acceptors (Lipinski definition) is 4. The predicted octanol–water partition coefficient (Wildman–Crippen LogP) is 6.96. The fourth-order valence-corrected chi connectivity index (χ4v) is 5.99. The van der Waals surface area contributed by atoms with E-state index in [0.717, 1.165) is 22.2 Å². The Morgan fingerprint density at radius 2 is 1.56 bits per heavy atom. The van der Waals surface area contributed by atoms with Gasteiger partial charge in [0.15, 0.2) is 0 Å². The minimum atomic E-state index is -4.89. The van der Waals surface area contributed by atoms with Crippen molar-refractivity contribution in [2.24, 2.45) is 0 Å². The Balaban J connectivity index is 2.13. The normalized spacial score (nSPS) is 12.9. The Morgan fingerprint density at radius 3 is 2.09 bits per heavy atom. The number of benzene rings is 3. The van der Waals surface area contributed by atoms with Gasteiger partial charge in [-0.25, -0.2) is 8.42 Å². The molecule has 0 bridgehead atoms. The molecule has 232 valence electrons. The van der Waals surface area contributed by atoms with Crippen molar-refractivity contribution in [2.75, 3.05) is 10.8 Å². The standard InChI is InChI=1S/C30H32BrClF3N3O4S/c1-19-6-13-24(14-7-19)43(41,42)38(23-12-15-26(32)25(16-23)30(33,34)35)18-27(39)37(17-21-8-10-22(31)11-9-21)20(2)28(40)36-29(3,4)5/h6-16,20H,17-18H2,1-5H3,(H,36,40)/t20-/m1/s1. The summed E-state index contributed by atoms with van der Waals surface area (Å²) in [6.45, 7) is 7.60. The molecule has 3 rings (SSSR count). The number of halogens is 5. The van der Waals surface area contributed by atoms with E-state index in [1.165, 1.54) is 36.1 Å². The van der Waals surface area contributed by atoms with Crippen LogP contribution in [-0.2, 0) is 32.3 Å². The molecule has 0 radical (unpaired) electrons. The Labute approximate surface area is 263 Å². The van der Waals surface area contributed by atoms with Gasteiger partial charge in [-0.15, -0.1) is 0 Å². The number of carbonyl (C=O) groups excluding carboxylic acids is 2. The molecule has 0 aromatic heterocycles. The monoisotopic (exact) mass is 701 g/mol. The van der Waals surface area contributed by atoms with Gasteiger partial charge in [-0.1, -0.05) is 57.4 Å². The van der Waals surface area contributed by atoms with E-state index in [9.17, 15) is 31.2 Å². The average molecular weight is 703 g/mol. The molecule has 13 heteroatoms. The number of hydrogen-bond donors (Lipinski definition) is 1. The van der Waals surface area contributed by atoms with Gasteiger partial charge in [-0.2, -0.15) is 13.2 Å². The largest absolute Gasteiger partial charge is 0.417 e. The predicted molar refractivity (Wildman–Crippen MR) is 164 cm³/mol. The number of alkyl halides is 3. The van der Waals surface area contributed by atoms with Crippen molar-refractivity contribution in [1.82, 2.24) is 10.2 Å². The molecule has 0 fully saturated rings. The summed E-state index contributed by atoms with van der Waals surface area (Å²) in [5.41, 5.74) is -0.901. The molecule has 2 amide bonds. The number of amides is 2. The third kappa shape index (κ3) is 8.96. The van der Waals surface area contributed by atoms with Crippen molar-refractivity contribution in [2.45, 2.75) is 63.8 Å². The second-order valence-electron chi connectivity index (χ2n) is 11.0. The minimum absolute atomic E-state index is 0.0717. The van der Waals surface area contributed by atoms with Gasteiger partial charge in [0.25, 0.3) is 10.0 Å². The third-order valence-electron chi connectivity index (χ3n) is 6.36. The van der Waals surface area contributed by atoms with Crippen LogP contribution >= 0.6 is 27.5 Å². The Morgan fingerprint density at radius 1 is 0.977 bits per heavy atom. The molecule has 0 aliphatic carbocycles. The lowest BCUT2D eigenvalue weighted by molar-refractivity contribution is -0.140. The maximum absolute atomic E-state index is 14.0. The Hall–Kier alpha value is -3.09. The first-order valence-corrected chi connectivity index (χ1v) is 15.7. The second kappa shape index (κ2) is 13.3. The summed E-state index contributed by atoms with van der Waals surface area (Å²) in [5.74, 6) is -1.30. The molecular weight excluding hydrogens is 671 g/mol. The number of carbonyl (C=O) groups is 2. The molecule has 0 unspecified atom stereocenters. The number of anilines is 1. The number of nitrogens with zero attached hydrogens (tertiary/aromatic N) is 2. The van der Waals surface area contributed by atoms with Gasteiger partial charge in [-0.3, -0.25) is 13.9 Å². The van der Waals surface area contributed by atoms with Gasteiger partial charge in [0, 0.05) is 16.6 Å². The zero-order valence-corrected chi connectivity index (χ0v) is 27.3. The minimum Gasteiger partial charge on any atom is -0.350 e. The number of sulfonamides is 1. The first-order valence-electron chi connectivity index (χ1n) is 13.1. The zero-order valence-electron chi connectivity index (χ0n) is 24.2. The summed E-state index contributed by atoms with van der Waals surface area (Å²) in [5, 5.41) is 2.19. The van der Waals surface area contributed by atoms with Gasteiger partial charge in [-0.05, 0) is 82.6 Å². The molecule has 7 nitrogen and oxygen atoms in total. The SMILES string of the molecule is Cc1ccc(S(=O)(=O)N(CC(=O)N(Cc2ccc(Br)cc2)[C@H](C)C(=O)NC(C)(C)C)c2ccc(Cl)c(C(F)(F)F)c2)cc1. The molecule has 3 aromatic carbocycles. The topological polar surface area (TPSA) is 86.8 Å². The highest BCUT2D eigenvalue weighted by Gasteiger charge is 2.37. The fraction of sp³-hybridized carbons (Fsp3) is 0.333. The summed E-state index contributed by atoms with van der Waals surface area (Å²) in [6.07, 6.45) is -4.89. The van der Waals surface area contributed by atoms with Gasteiger partial charge in [0.1, 0.15) is 12.6 Å². The van der Waals surface area contributed by atoms with E-state index in [1.54, 1.807) is 52.0 Å². The van der Waals surface area contributed by atoms with Crippen molar-refractivity contribution < 1.29 is 31.2 Å². The van der Waals surface area contributed by atoms with E-state index in [-0.39, 0.29) is 11.4 Å². The molecule has 0 spiro atoms. The quantitative estimate of drug-likeness (QED) is 0.262. The summed E-state index contributed by atoms with van der Waals surface area (Å²) >= 11 is 9.16. The average Bonchev–Trinajstić information content (AvgIpc) is 2.90. The van der Waals surface area contributed by atoms with Crippen molar-refractivity contribution in [1.29, 1.82) is 0 Å². The smallest absolute Gasteiger partial charge is 0.350 e. The van der Waals surface area contributed by atoms with Crippen LogP contribution in [0.5, 0.6) is 0 Å². The molecular formula is C30H32BrClF3N3O4S. The number of aryl methyl sites for hydroxylation is 1. The lowest BCUT2D eigenvalue weighted by Crippen LogP contribution is -2.54. The first-order chi connectivity index (χ1) is 19.8. The van der Waals surface area contributed by atoms with Crippen LogP contribution in [0.2, 0.25) is 5.02 Å².